The van der Waals surface area contributed by atoms with E-state index in [0.29, 0.717) is 29.5 Å². The minimum Gasteiger partial charge on any atom is -0.462 e. The van der Waals surface area contributed by atoms with Crippen molar-refractivity contribution in [3.05, 3.63) is 71.3 Å². The Morgan fingerprint density at radius 2 is 1.68 bits per heavy atom. The van der Waals surface area contributed by atoms with Crippen LogP contribution in [0.3, 0.4) is 0 Å². The van der Waals surface area contributed by atoms with E-state index in [1.54, 1.807) is 0 Å². The van der Waals surface area contributed by atoms with Gasteiger partial charge in [-0.25, -0.2) is 4.79 Å². The van der Waals surface area contributed by atoms with Gasteiger partial charge in [0.05, 0.1) is 12.2 Å². The van der Waals surface area contributed by atoms with Crippen molar-refractivity contribution in [3.63, 3.8) is 0 Å². The molecule has 4 aliphatic carbocycles. The van der Waals surface area contributed by atoms with Crippen LogP contribution in [0.4, 0.5) is 0 Å². The summed E-state index contributed by atoms with van der Waals surface area (Å²) < 4.78 is 5.16. The molecule has 0 saturated heterocycles. The van der Waals surface area contributed by atoms with Gasteiger partial charge in [-0.2, -0.15) is 0 Å². The van der Waals surface area contributed by atoms with Crippen molar-refractivity contribution in [1.82, 2.24) is 4.90 Å². The Morgan fingerprint density at radius 3 is 2.30 bits per heavy atom. The smallest absolute Gasteiger partial charge is 0.338 e. The maximum atomic E-state index is 12.0. The molecule has 0 N–H and O–H groups in total. The first-order chi connectivity index (χ1) is 17.9. The van der Waals surface area contributed by atoms with Crippen LogP contribution in [0, 0.1) is 23.2 Å². The summed E-state index contributed by atoms with van der Waals surface area (Å²) in [5.41, 5.74) is 4.06. The van der Waals surface area contributed by atoms with Gasteiger partial charge in [-0.3, -0.25) is 4.90 Å². The van der Waals surface area contributed by atoms with E-state index in [-0.39, 0.29) is 5.97 Å². The third-order valence-corrected chi connectivity index (χ3v) is 10.5. The van der Waals surface area contributed by atoms with Crippen LogP contribution in [0.5, 0.6) is 0 Å². The molecule has 0 amide bonds. The molecule has 0 radical (unpaired) electrons. The summed E-state index contributed by atoms with van der Waals surface area (Å²) in [6.45, 7) is 11.1. The highest BCUT2D eigenvalue weighted by Crippen LogP contribution is 2.62. The second-order valence-electron chi connectivity index (χ2n) is 12.7. The largest absolute Gasteiger partial charge is 0.462 e. The van der Waals surface area contributed by atoms with Gasteiger partial charge in [-0.05, 0) is 117 Å². The van der Waals surface area contributed by atoms with E-state index < -0.39 is 0 Å². The molecule has 0 spiro atoms. The van der Waals surface area contributed by atoms with Crippen molar-refractivity contribution in [3.8, 4) is 0 Å². The van der Waals surface area contributed by atoms with Crippen molar-refractivity contribution in [2.75, 3.05) is 13.2 Å². The van der Waals surface area contributed by atoms with E-state index in [2.05, 4.69) is 68.1 Å². The third kappa shape index (κ3) is 5.53. The van der Waals surface area contributed by atoms with Crippen molar-refractivity contribution in [2.45, 2.75) is 97.1 Å². The second-order valence-corrected chi connectivity index (χ2v) is 12.7. The van der Waals surface area contributed by atoms with Crippen LogP contribution >= 0.6 is 0 Å². The monoisotopic (exact) mass is 501 g/mol. The molecule has 2 aromatic carbocycles. The normalized spacial score (nSPS) is 30.5. The molecular weight excluding hydrogens is 454 g/mol. The molecule has 37 heavy (non-hydrogen) atoms. The van der Waals surface area contributed by atoms with E-state index in [1.807, 2.05) is 19.1 Å². The minimum atomic E-state index is -0.216. The summed E-state index contributed by atoms with van der Waals surface area (Å²) >= 11 is 0. The summed E-state index contributed by atoms with van der Waals surface area (Å²) in [5, 5.41) is 0. The summed E-state index contributed by atoms with van der Waals surface area (Å²) in [7, 11) is 0. The lowest BCUT2D eigenvalue weighted by Crippen LogP contribution is -2.62. The van der Waals surface area contributed by atoms with E-state index in [0.717, 1.165) is 23.8 Å². The topological polar surface area (TPSA) is 29.5 Å². The Labute approximate surface area is 225 Å². The fraction of sp³-hybridized carbons (Fsp3) is 0.618. The van der Waals surface area contributed by atoms with Gasteiger partial charge < -0.3 is 4.74 Å². The Bertz CT molecular complexity index is 1020. The number of ether oxygens (including phenoxy) is 1. The van der Waals surface area contributed by atoms with Gasteiger partial charge in [-0.1, -0.05) is 63.2 Å². The van der Waals surface area contributed by atoms with E-state index >= 15 is 0 Å². The van der Waals surface area contributed by atoms with Crippen LogP contribution in [-0.2, 0) is 11.2 Å². The van der Waals surface area contributed by atoms with Crippen LogP contribution in [0.1, 0.15) is 100 Å². The Hall–Kier alpha value is -2.13. The predicted octanol–water partition coefficient (Wildman–Crippen LogP) is 7.90. The van der Waals surface area contributed by atoms with Crippen molar-refractivity contribution in [2.24, 2.45) is 23.2 Å². The summed E-state index contributed by atoms with van der Waals surface area (Å²) in [6, 6.07) is 20.7. The number of hydrogen-bond acceptors (Lipinski definition) is 3. The molecule has 200 valence electrons. The molecule has 4 fully saturated rings. The van der Waals surface area contributed by atoms with E-state index in [4.69, 9.17) is 4.74 Å². The average molecular weight is 502 g/mol. The van der Waals surface area contributed by atoms with Gasteiger partial charge >= 0.3 is 5.97 Å². The predicted molar refractivity (Wildman–Crippen MR) is 152 cm³/mol. The average Bonchev–Trinajstić information content (AvgIpc) is 2.92. The van der Waals surface area contributed by atoms with Crippen LogP contribution in [-0.4, -0.2) is 36.1 Å². The molecule has 3 heteroatoms. The van der Waals surface area contributed by atoms with Crippen molar-refractivity contribution in [1.29, 1.82) is 0 Å². The number of rotatable bonds is 9. The highest BCUT2D eigenvalue weighted by Gasteiger charge is 2.57. The van der Waals surface area contributed by atoms with Crippen LogP contribution in [0.25, 0.3) is 0 Å². The lowest BCUT2D eigenvalue weighted by molar-refractivity contribution is -0.146. The van der Waals surface area contributed by atoms with Crippen LogP contribution in [0.15, 0.2) is 54.6 Å². The number of carbonyl (C=O) groups is 1. The molecule has 6 rings (SSSR count). The quantitative estimate of drug-likeness (QED) is 0.327. The number of hydrogen-bond donors (Lipinski definition) is 0. The highest BCUT2D eigenvalue weighted by atomic mass is 16.5. The molecule has 0 unspecified atom stereocenters. The SMILES string of the molecule is CCOC(=O)c1ccc(C2CCC(N(CCCc3ccccc3)[C@H]3C[C@H]4C[C@@H]([C@@H]3C)C4(C)C)CC2)cc1. The van der Waals surface area contributed by atoms with Gasteiger partial charge in [0, 0.05) is 12.1 Å². The molecule has 4 aliphatic rings. The van der Waals surface area contributed by atoms with Gasteiger partial charge in [0.25, 0.3) is 0 Å². The van der Waals surface area contributed by atoms with E-state index in [1.165, 1.54) is 69.0 Å². The lowest BCUT2D eigenvalue weighted by Gasteiger charge is -2.64. The fourth-order valence-corrected chi connectivity index (χ4v) is 8.14. The Kier molecular flexibility index (Phi) is 8.10. The lowest BCUT2D eigenvalue weighted by atomic mass is 9.44. The van der Waals surface area contributed by atoms with Crippen molar-refractivity contribution < 1.29 is 9.53 Å². The highest BCUT2D eigenvalue weighted by molar-refractivity contribution is 5.89. The first kappa shape index (κ1) is 26.5. The number of carbonyl (C=O) groups excluding carboxylic acids is 1. The summed E-state index contributed by atoms with van der Waals surface area (Å²) in [4.78, 5) is 15.0. The van der Waals surface area contributed by atoms with Crippen LogP contribution < -0.4 is 0 Å². The number of benzene rings is 2. The molecule has 4 atom stereocenters. The van der Waals surface area contributed by atoms with Crippen molar-refractivity contribution >= 4 is 5.97 Å². The maximum Gasteiger partial charge on any atom is 0.338 e. The van der Waals surface area contributed by atoms with Gasteiger partial charge in [-0.15, -0.1) is 0 Å². The Morgan fingerprint density at radius 1 is 0.973 bits per heavy atom. The van der Waals surface area contributed by atoms with Crippen LogP contribution in [0.2, 0.25) is 0 Å². The zero-order valence-corrected chi connectivity index (χ0v) is 23.5. The molecule has 0 heterocycles. The molecule has 4 saturated carbocycles. The minimum absolute atomic E-state index is 0.216. The number of fused-ring (bicyclic) bond motifs is 2. The Balaban J connectivity index is 1.23. The zero-order chi connectivity index (χ0) is 26.0. The maximum absolute atomic E-state index is 12.0. The fourth-order valence-electron chi connectivity index (χ4n) is 8.14. The number of nitrogens with zero attached hydrogens (tertiary/aromatic N) is 1. The molecule has 3 nitrogen and oxygen atoms in total. The molecule has 2 aromatic rings. The third-order valence-electron chi connectivity index (χ3n) is 10.5. The van der Waals surface area contributed by atoms with E-state index in [9.17, 15) is 4.79 Å². The second kappa shape index (κ2) is 11.3. The molecule has 0 aliphatic heterocycles. The van der Waals surface area contributed by atoms with Gasteiger partial charge in [0.2, 0.25) is 0 Å². The first-order valence-electron chi connectivity index (χ1n) is 14.9. The first-order valence-corrected chi connectivity index (χ1v) is 14.9. The summed E-state index contributed by atoms with van der Waals surface area (Å²) in [5.74, 6) is 2.98. The number of aryl methyl sites for hydroxylation is 1. The molecule has 2 bridgehead atoms. The van der Waals surface area contributed by atoms with Gasteiger partial charge in [0.15, 0.2) is 0 Å². The number of esters is 1. The van der Waals surface area contributed by atoms with Gasteiger partial charge in [0.1, 0.15) is 0 Å². The zero-order valence-electron chi connectivity index (χ0n) is 23.5. The molecular formula is C34H47NO2. The summed E-state index contributed by atoms with van der Waals surface area (Å²) in [6.07, 6.45) is 10.4. The molecule has 0 aromatic heterocycles. The standard InChI is InChI=1S/C34H47NO2/c1-5-37-33(36)28-15-13-26(14-16-28)27-17-19-30(20-18-27)35(21-9-12-25-10-7-6-8-11-25)32-23-29-22-31(24(32)2)34(29,3)4/h6-8,10-11,13-16,24,27,29-32H,5,9,12,17-23H2,1-4H3/t24-,27?,29+,30?,31-,32-/m0/s1.